The highest BCUT2D eigenvalue weighted by Gasteiger charge is 2.23. The Morgan fingerprint density at radius 1 is 0.867 bits per heavy atom. The van der Waals surface area contributed by atoms with Gasteiger partial charge in [-0.15, -0.1) is 0 Å². The summed E-state index contributed by atoms with van der Waals surface area (Å²) in [5, 5.41) is 0. The molecule has 1 aliphatic heterocycles. The molecule has 0 atom stereocenters. The number of unbranched alkanes of at least 4 members (excludes halogenated alkanes) is 1. The lowest BCUT2D eigenvalue weighted by Crippen LogP contribution is -2.39. The van der Waals surface area contributed by atoms with Crippen LogP contribution in [0.4, 0.5) is 0 Å². The summed E-state index contributed by atoms with van der Waals surface area (Å²) in [5.74, 6) is 0. The second kappa shape index (κ2) is 6.76. The van der Waals surface area contributed by atoms with Gasteiger partial charge in [-0.3, -0.25) is 0 Å². The first-order valence-corrected chi connectivity index (χ1v) is 6.53. The highest BCUT2D eigenvalue weighted by atomic mass is 15.4. The van der Waals surface area contributed by atoms with E-state index < -0.39 is 0 Å². The topological polar surface area (TPSA) is 6.48 Å². The van der Waals surface area contributed by atoms with Gasteiger partial charge in [0.25, 0.3) is 0 Å². The van der Waals surface area contributed by atoms with E-state index in [1.807, 2.05) is 0 Å². The van der Waals surface area contributed by atoms with Crippen molar-refractivity contribution in [2.24, 2.45) is 0 Å². The second-order valence-electron chi connectivity index (χ2n) is 4.40. The summed E-state index contributed by atoms with van der Waals surface area (Å²) in [6.45, 7) is 9.19. The number of nitrogens with zero attached hydrogens (tertiary/aromatic N) is 2. The Balaban J connectivity index is 2.47. The van der Waals surface area contributed by atoms with Crippen molar-refractivity contribution >= 4 is 0 Å². The van der Waals surface area contributed by atoms with Crippen molar-refractivity contribution in [1.82, 2.24) is 9.80 Å². The first-order chi connectivity index (χ1) is 7.33. The normalized spacial score (nSPS) is 16.7. The van der Waals surface area contributed by atoms with E-state index in [-0.39, 0.29) is 0 Å². The second-order valence-corrected chi connectivity index (χ2v) is 4.40. The minimum Gasteiger partial charge on any atom is -0.356 e. The zero-order valence-electron chi connectivity index (χ0n) is 10.6. The van der Waals surface area contributed by atoms with E-state index in [1.165, 1.54) is 45.2 Å². The molecule has 0 saturated heterocycles. The van der Waals surface area contributed by atoms with Gasteiger partial charge in [-0.2, -0.15) is 0 Å². The molecule has 0 unspecified atom stereocenters. The van der Waals surface area contributed by atoms with Crippen LogP contribution in [0.5, 0.6) is 0 Å². The number of hydrogen-bond acceptors (Lipinski definition) is 2. The maximum absolute atomic E-state index is 2.51. The van der Waals surface area contributed by atoms with Crippen LogP contribution in [-0.2, 0) is 0 Å². The van der Waals surface area contributed by atoms with Gasteiger partial charge in [0.2, 0.25) is 0 Å². The molecule has 15 heavy (non-hydrogen) atoms. The van der Waals surface area contributed by atoms with Gasteiger partial charge in [-0.05, 0) is 25.7 Å². The molecule has 0 saturated carbocycles. The molecule has 2 heteroatoms. The Morgan fingerprint density at radius 2 is 1.40 bits per heavy atom. The zero-order valence-corrected chi connectivity index (χ0v) is 10.6. The SMILES string of the molecule is CCCCC1N(CCC)C=CN1CCC. The van der Waals surface area contributed by atoms with Gasteiger partial charge in [-0.25, -0.2) is 0 Å². The first kappa shape index (κ1) is 12.4. The molecule has 0 aromatic rings. The summed E-state index contributed by atoms with van der Waals surface area (Å²) in [6, 6.07) is 0. The molecule has 1 aliphatic rings. The van der Waals surface area contributed by atoms with E-state index in [0.717, 1.165) is 0 Å². The van der Waals surface area contributed by atoms with E-state index in [0.29, 0.717) is 6.17 Å². The lowest BCUT2D eigenvalue weighted by Gasteiger charge is -2.32. The molecule has 0 aromatic carbocycles. The molecule has 0 amide bonds. The Kier molecular flexibility index (Phi) is 5.59. The van der Waals surface area contributed by atoms with Gasteiger partial charge >= 0.3 is 0 Å². The fourth-order valence-corrected chi connectivity index (χ4v) is 2.24. The van der Waals surface area contributed by atoms with Crippen LogP contribution in [0.2, 0.25) is 0 Å². The largest absolute Gasteiger partial charge is 0.356 e. The molecule has 0 N–H and O–H groups in total. The third kappa shape index (κ3) is 3.44. The molecular formula is C13H26N2. The van der Waals surface area contributed by atoms with Crippen LogP contribution >= 0.6 is 0 Å². The van der Waals surface area contributed by atoms with Gasteiger partial charge in [-0.1, -0.05) is 27.2 Å². The molecule has 0 bridgehead atoms. The smallest absolute Gasteiger partial charge is 0.101 e. The van der Waals surface area contributed by atoms with E-state index in [4.69, 9.17) is 0 Å². The third-order valence-electron chi connectivity index (χ3n) is 2.99. The zero-order chi connectivity index (χ0) is 11.1. The van der Waals surface area contributed by atoms with E-state index in [9.17, 15) is 0 Å². The fraction of sp³-hybridized carbons (Fsp3) is 0.846. The maximum Gasteiger partial charge on any atom is 0.101 e. The average molecular weight is 210 g/mol. The molecular weight excluding hydrogens is 184 g/mol. The fourth-order valence-electron chi connectivity index (χ4n) is 2.24. The van der Waals surface area contributed by atoms with Crippen LogP contribution < -0.4 is 0 Å². The van der Waals surface area contributed by atoms with Crippen molar-refractivity contribution in [1.29, 1.82) is 0 Å². The molecule has 1 heterocycles. The summed E-state index contributed by atoms with van der Waals surface area (Å²) in [6.07, 6.45) is 11.6. The standard InChI is InChI=1S/C13H26N2/c1-4-7-8-13-14(9-5-2)11-12-15(13)10-6-3/h11-13H,4-10H2,1-3H3. The predicted octanol–water partition coefficient (Wildman–Crippen LogP) is 3.41. The van der Waals surface area contributed by atoms with Gasteiger partial charge in [0.15, 0.2) is 0 Å². The van der Waals surface area contributed by atoms with Gasteiger partial charge in [0.1, 0.15) is 6.17 Å². The molecule has 0 aliphatic carbocycles. The predicted molar refractivity (Wildman–Crippen MR) is 66.4 cm³/mol. The van der Waals surface area contributed by atoms with E-state index in [2.05, 4.69) is 43.0 Å². The Bertz CT molecular complexity index is 173. The van der Waals surface area contributed by atoms with Crippen molar-refractivity contribution in [2.75, 3.05) is 13.1 Å². The van der Waals surface area contributed by atoms with Crippen molar-refractivity contribution < 1.29 is 0 Å². The van der Waals surface area contributed by atoms with Crippen LogP contribution in [-0.4, -0.2) is 29.1 Å². The summed E-state index contributed by atoms with van der Waals surface area (Å²) in [7, 11) is 0. The average Bonchev–Trinajstić information content (AvgIpc) is 2.60. The minimum absolute atomic E-state index is 0.643. The Labute approximate surface area is 94.9 Å². The van der Waals surface area contributed by atoms with Crippen LogP contribution in [0.15, 0.2) is 12.4 Å². The van der Waals surface area contributed by atoms with Crippen molar-refractivity contribution in [3.05, 3.63) is 12.4 Å². The number of rotatable bonds is 7. The summed E-state index contributed by atoms with van der Waals surface area (Å²) in [4.78, 5) is 5.01. The van der Waals surface area contributed by atoms with Crippen LogP contribution in [0.25, 0.3) is 0 Å². The van der Waals surface area contributed by atoms with E-state index in [1.54, 1.807) is 0 Å². The van der Waals surface area contributed by atoms with E-state index >= 15 is 0 Å². The quantitative estimate of drug-likeness (QED) is 0.635. The van der Waals surface area contributed by atoms with Crippen LogP contribution in [0.3, 0.4) is 0 Å². The van der Waals surface area contributed by atoms with Crippen LogP contribution in [0, 0.1) is 0 Å². The molecule has 0 spiro atoms. The highest BCUT2D eigenvalue weighted by molar-refractivity contribution is 4.96. The van der Waals surface area contributed by atoms with Gasteiger partial charge < -0.3 is 9.80 Å². The first-order valence-electron chi connectivity index (χ1n) is 6.53. The highest BCUT2D eigenvalue weighted by Crippen LogP contribution is 2.21. The number of hydrogen-bond donors (Lipinski definition) is 0. The molecule has 0 aromatic heterocycles. The van der Waals surface area contributed by atoms with Crippen molar-refractivity contribution in [3.63, 3.8) is 0 Å². The molecule has 0 radical (unpaired) electrons. The summed E-state index contributed by atoms with van der Waals surface area (Å²) in [5.41, 5.74) is 0. The Morgan fingerprint density at radius 3 is 1.80 bits per heavy atom. The summed E-state index contributed by atoms with van der Waals surface area (Å²) < 4.78 is 0. The van der Waals surface area contributed by atoms with Crippen molar-refractivity contribution in [3.8, 4) is 0 Å². The third-order valence-corrected chi connectivity index (χ3v) is 2.99. The molecule has 1 rings (SSSR count). The summed E-state index contributed by atoms with van der Waals surface area (Å²) >= 11 is 0. The monoisotopic (exact) mass is 210 g/mol. The molecule has 88 valence electrons. The van der Waals surface area contributed by atoms with Gasteiger partial charge in [0, 0.05) is 25.5 Å². The molecule has 0 fully saturated rings. The lowest BCUT2D eigenvalue weighted by atomic mass is 10.2. The maximum atomic E-state index is 2.51. The van der Waals surface area contributed by atoms with Gasteiger partial charge in [0.05, 0.1) is 0 Å². The lowest BCUT2D eigenvalue weighted by molar-refractivity contribution is 0.140. The minimum atomic E-state index is 0.643. The Hall–Kier alpha value is -0.660. The molecule has 2 nitrogen and oxygen atoms in total. The van der Waals surface area contributed by atoms with Crippen molar-refractivity contribution in [2.45, 2.75) is 59.0 Å². The van der Waals surface area contributed by atoms with Crippen LogP contribution in [0.1, 0.15) is 52.9 Å².